The lowest BCUT2D eigenvalue weighted by molar-refractivity contribution is -0.128. The molecule has 4 rings (SSSR count). The minimum Gasteiger partial charge on any atom is -0.480 e. The van der Waals surface area contributed by atoms with Gasteiger partial charge in [-0.25, -0.2) is 0 Å². The van der Waals surface area contributed by atoms with Gasteiger partial charge in [0, 0.05) is 12.0 Å². The molecule has 0 aromatic heterocycles. The van der Waals surface area contributed by atoms with E-state index in [1.165, 1.54) is 11.1 Å². The van der Waals surface area contributed by atoms with Gasteiger partial charge in [0.05, 0.1) is 0 Å². The molecule has 0 saturated heterocycles. The first-order valence-corrected chi connectivity index (χ1v) is 8.17. The van der Waals surface area contributed by atoms with Gasteiger partial charge in [-0.15, -0.1) is 0 Å². The Kier molecular flexibility index (Phi) is 3.69. The van der Waals surface area contributed by atoms with Crippen LogP contribution in [0.3, 0.4) is 0 Å². The van der Waals surface area contributed by atoms with Crippen molar-refractivity contribution in [1.82, 2.24) is 10.9 Å². The largest absolute Gasteiger partial charge is 0.480 e. The number of carbonyl (C=O) groups excluding carboxylic acids is 2. The summed E-state index contributed by atoms with van der Waals surface area (Å²) in [7, 11) is 0. The van der Waals surface area contributed by atoms with Crippen molar-refractivity contribution >= 4 is 11.8 Å². The molecule has 122 valence electrons. The molecular weight excluding hydrogens is 304 g/mol. The van der Waals surface area contributed by atoms with E-state index >= 15 is 0 Å². The Hall–Kier alpha value is -2.82. The number of nitrogens with one attached hydrogen (secondary N) is 2. The fraction of sp³-hybridized carbons (Fsp3) is 0.263. The number of para-hydroxylation sites is 1. The molecule has 1 aliphatic heterocycles. The maximum atomic E-state index is 12.2. The molecule has 2 aromatic carbocycles. The second kappa shape index (κ2) is 6.00. The number of carbonyl (C=O) groups is 2. The lowest BCUT2D eigenvalue weighted by Crippen LogP contribution is -2.47. The first kappa shape index (κ1) is 14.8. The number of rotatable bonds is 2. The number of amides is 2. The number of ether oxygens (including phenoxy) is 1. The molecule has 0 saturated carbocycles. The molecule has 0 bridgehead atoms. The summed E-state index contributed by atoms with van der Waals surface area (Å²) >= 11 is 0. The molecule has 2 amide bonds. The Morgan fingerprint density at radius 2 is 1.79 bits per heavy atom. The van der Waals surface area contributed by atoms with Gasteiger partial charge in [-0.2, -0.15) is 0 Å². The van der Waals surface area contributed by atoms with Gasteiger partial charge in [0.25, 0.3) is 11.8 Å². The zero-order valence-corrected chi connectivity index (χ0v) is 13.2. The van der Waals surface area contributed by atoms with Crippen molar-refractivity contribution in [3.63, 3.8) is 0 Å². The van der Waals surface area contributed by atoms with Crippen LogP contribution in [-0.4, -0.2) is 17.9 Å². The minimum atomic E-state index is -0.609. The zero-order valence-electron chi connectivity index (χ0n) is 13.2. The Balaban J connectivity index is 1.35. The van der Waals surface area contributed by atoms with Crippen LogP contribution in [-0.2, 0) is 24.1 Å². The SMILES string of the molecule is O=C(NNC(=O)C1Cc2ccccc2O1)c1ccc2c(c1)CCC2. The van der Waals surface area contributed by atoms with Gasteiger partial charge in [0.1, 0.15) is 5.75 Å². The number of benzene rings is 2. The lowest BCUT2D eigenvalue weighted by atomic mass is 10.1. The number of hydrogen-bond acceptors (Lipinski definition) is 3. The summed E-state index contributed by atoms with van der Waals surface area (Å²) in [6, 6.07) is 13.3. The van der Waals surface area contributed by atoms with Crippen molar-refractivity contribution in [2.24, 2.45) is 0 Å². The van der Waals surface area contributed by atoms with E-state index in [-0.39, 0.29) is 11.8 Å². The summed E-state index contributed by atoms with van der Waals surface area (Å²) in [5.41, 5.74) is 9.04. The number of aryl methyl sites for hydroxylation is 2. The molecule has 1 atom stereocenters. The summed E-state index contributed by atoms with van der Waals surface area (Å²) in [5, 5.41) is 0. The molecule has 2 aliphatic rings. The van der Waals surface area contributed by atoms with E-state index in [2.05, 4.69) is 10.9 Å². The van der Waals surface area contributed by atoms with E-state index in [1.807, 2.05) is 36.4 Å². The predicted molar refractivity (Wildman–Crippen MR) is 88.6 cm³/mol. The second-order valence-corrected chi connectivity index (χ2v) is 6.20. The Bertz CT molecular complexity index is 791. The molecule has 24 heavy (non-hydrogen) atoms. The Labute approximate surface area is 140 Å². The van der Waals surface area contributed by atoms with Gasteiger partial charge in [-0.1, -0.05) is 24.3 Å². The zero-order chi connectivity index (χ0) is 16.5. The van der Waals surface area contributed by atoms with Crippen molar-refractivity contribution in [1.29, 1.82) is 0 Å². The molecule has 0 radical (unpaired) electrons. The molecule has 1 unspecified atom stereocenters. The summed E-state index contributed by atoms with van der Waals surface area (Å²) in [5.74, 6) is 0.0665. The fourth-order valence-corrected chi connectivity index (χ4v) is 3.31. The lowest BCUT2D eigenvalue weighted by Gasteiger charge is -2.12. The highest BCUT2D eigenvalue weighted by Crippen LogP contribution is 2.28. The van der Waals surface area contributed by atoms with Crippen LogP contribution in [0.15, 0.2) is 42.5 Å². The highest BCUT2D eigenvalue weighted by molar-refractivity contribution is 5.96. The first-order valence-electron chi connectivity index (χ1n) is 8.17. The minimum absolute atomic E-state index is 0.312. The molecule has 1 aliphatic carbocycles. The second-order valence-electron chi connectivity index (χ2n) is 6.20. The topological polar surface area (TPSA) is 67.4 Å². The molecule has 2 aromatic rings. The van der Waals surface area contributed by atoms with Gasteiger partial charge in [-0.3, -0.25) is 20.4 Å². The summed E-state index contributed by atoms with van der Waals surface area (Å²) < 4.78 is 5.60. The number of hydrogen-bond donors (Lipinski definition) is 2. The summed E-state index contributed by atoms with van der Waals surface area (Å²) in [6.07, 6.45) is 3.13. The van der Waals surface area contributed by atoms with E-state index in [1.54, 1.807) is 6.07 Å². The molecule has 5 heteroatoms. The van der Waals surface area contributed by atoms with Gasteiger partial charge in [0.2, 0.25) is 0 Å². The van der Waals surface area contributed by atoms with E-state index < -0.39 is 6.10 Å². The highest BCUT2D eigenvalue weighted by Gasteiger charge is 2.29. The molecule has 0 spiro atoms. The van der Waals surface area contributed by atoms with E-state index in [0.29, 0.717) is 12.0 Å². The van der Waals surface area contributed by atoms with E-state index in [0.717, 1.165) is 30.6 Å². The summed E-state index contributed by atoms with van der Waals surface area (Å²) in [6.45, 7) is 0. The van der Waals surface area contributed by atoms with Crippen molar-refractivity contribution in [2.75, 3.05) is 0 Å². The molecule has 5 nitrogen and oxygen atoms in total. The highest BCUT2D eigenvalue weighted by atomic mass is 16.5. The van der Waals surface area contributed by atoms with E-state index in [4.69, 9.17) is 4.74 Å². The smallest absolute Gasteiger partial charge is 0.279 e. The van der Waals surface area contributed by atoms with Crippen molar-refractivity contribution < 1.29 is 14.3 Å². The van der Waals surface area contributed by atoms with Crippen LogP contribution in [0, 0.1) is 0 Å². The van der Waals surface area contributed by atoms with Crippen molar-refractivity contribution in [3.05, 3.63) is 64.7 Å². The Morgan fingerprint density at radius 1 is 0.958 bits per heavy atom. The molecule has 2 N–H and O–H groups in total. The monoisotopic (exact) mass is 322 g/mol. The third-order valence-electron chi connectivity index (χ3n) is 4.60. The maximum Gasteiger partial charge on any atom is 0.279 e. The molecule has 1 heterocycles. The maximum absolute atomic E-state index is 12.2. The fourth-order valence-electron chi connectivity index (χ4n) is 3.31. The average molecular weight is 322 g/mol. The van der Waals surface area contributed by atoms with E-state index in [9.17, 15) is 9.59 Å². The normalized spacial score (nSPS) is 17.6. The van der Waals surface area contributed by atoms with Crippen molar-refractivity contribution in [2.45, 2.75) is 31.8 Å². The van der Waals surface area contributed by atoms with Crippen LogP contribution >= 0.6 is 0 Å². The van der Waals surface area contributed by atoms with Gasteiger partial charge >= 0.3 is 0 Å². The van der Waals surface area contributed by atoms with Crippen LogP contribution in [0.4, 0.5) is 0 Å². The van der Waals surface area contributed by atoms with Crippen LogP contribution in [0.5, 0.6) is 5.75 Å². The van der Waals surface area contributed by atoms with Gasteiger partial charge < -0.3 is 4.74 Å². The number of hydrazine groups is 1. The van der Waals surface area contributed by atoms with Crippen LogP contribution in [0.1, 0.15) is 33.5 Å². The third kappa shape index (κ3) is 2.73. The van der Waals surface area contributed by atoms with Gasteiger partial charge in [-0.05, 0) is 54.2 Å². The Morgan fingerprint density at radius 3 is 2.67 bits per heavy atom. The first-order chi connectivity index (χ1) is 11.7. The molecular formula is C19H18N2O3. The quantitative estimate of drug-likeness (QED) is 0.830. The third-order valence-corrected chi connectivity index (χ3v) is 4.60. The van der Waals surface area contributed by atoms with Crippen LogP contribution in [0.25, 0.3) is 0 Å². The van der Waals surface area contributed by atoms with Crippen LogP contribution < -0.4 is 15.6 Å². The number of fused-ring (bicyclic) bond motifs is 2. The van der Waals surface area contributed by atoms with Gasteiger partial charge in [0.15, 0.2) is 6.10 Å². The van der Waals surface area contributed by atoms with Crippen molar-refractivity contribution in [3.8, 4) is 5.75 Å². The van der Waals surface area contributed by atoms with Crippen LogP contribution in [0.2, 0.25) is 0 Å². The summed E-state index contributed by atoms with van der Waals surface area (Å²) in [4.78, 5) is 24.4. The molecule has 0 fully saturated rings. The average Bonchev–Trinajstić information content (AvgIpc) is 3.24. The predicted octanol–water partition coefficient (Wildman–Crippen LogP) is 1.94. The standard InChI is InChI=1S/C19H18N2O3/c22-18(15-9-8-12-5-3-6-13(12)10-15)20-21-19(23)17-11-14-4-1-2-7-16(14)24-17/h1-2,4,7-10,17H,3,5-6,11H2,(H,20,22)(H,21,23).